The first-order valence-corrected chi connectivity index (χ1v) is 11.0. The van der Waals surface area contributed by atoms with Crippen molar-refractivity contribution in [3.05, 3.63) is 47.5 Å². The molecule has 0 atom stereocenters. The van der Waals surface area contributed by atoms with Crippen LogP contribution in [0.5, 0.6) is 0 Å². The van der Waals surface area contributed by atoms with Gasteiger partial charge in [0.15, 0.2) is 0 Å². The molecule has 0 aliphatic heterocycles. The Labute approximate surface area is 169 Å². The Hall–Kier alpha value is -2.08. The smallest absolute Gasteiger partial charge is 0.330 e. The second-order valence-electron chi connectivity index (χ2n) is 8.60. The molecule has 2 aliphatic rings. The first-order chi connectivity index (χ1) is 13.7. The molecule has 0 saturated heterocycles. The Balaban J connectivity index is 1.35. The number of allylic oxidation sites excluding steroid dienone is 1. The lowest BCUT2D eigenvalue weighted by Gasteiger charge is -2.37. The van der Waals surface area contributed by atoms with Crippen LogP contribution in [0.3, 0.4) is 0 Å². The summed E-state index contributed by atoms with van der Waals surface area (Å²) in [5.41, 5.74) is 2.10. The van der Waals surface area contributed by atoms with Crippen molar-refractivity contribution in [1.82, 2.24) is 0 Å². The minimum Gasteiger partial charge on any atom is -0.459 e. The van der Waals surface area contributed by atoms with Crippen LogP contribution in [0.2, 0.25) is 0 Å². The molecule has 0 amide bonds. The monoisotopic (exact) mass is 379 g/mol. The van der Waals surface area contributed by atoms with Gasteiger partial charge in [-0.3, -0.25) is 0 Å². The quantitative estimate of drug-likeness (QED) is 0.451. The van der Waals surface area contributed by atoms with Gasteiger partial charge >= 0.3 is 5.97 Å². The molecule has 2 saturated carbocycles. The third-order valence-electron chi connectivity index (χ3n) is 6.79. The molecule has 0 heterocycles. The Kier molecular flexibility index (Phi) is 7.71. The van der Waals surface area contributed by atoms with Gasteiger partial charge in [0.1, 0.15) is 6.10 Å². The van der Waals surface area contributed by atoms with E-state index in [1.54, 1.807) is 6.08 Å². The van der Waals surface area contributed by atoms with Gasteiger partial charge in [-0.05, 0) is 93.7 Å². The molecule has 28 heavy (non-hydrogen) atoms. The number of nitriles is 1. The highest BCUT2D eigenvalue weighted by Crippen LogP contribution is 2.41. The van der Waals surface area contributed by atoms with E-state index in [1.807, 2.05) is 19.1 Å². The number of carbonyl (C=O) groups is 1. The fourth-order valence-corrected chi connectivity index (χ4v) is 5.08. The maximum Gasteiger partial charge on any atom is 0.330 e. The zero-order valence-corrected chi connectivity index (χ0v) is 17.1. The Morgan fingerprint density at radius 3 is 2.21 bits per heavy atom. The molecular formula is C25H33NO2. The van der Waals surface area contributed by atoms with Gasteiger partial charge in [-0.1, -0.05) is 31.1 Å². The van der Waals surface area contributed by atoms with Crippen LogP contribution in [0, 0.1) is 29.1 Å². The lowest BCUT2D eigenvalue weighted by Crippen LogP contribution is -2.29. The Bertz CT molecular complexity index is 684. The predicted molar refractivity (Wildman–Crippen MR) is 112 cm³/mol. The molecule has 3 rings (SSSR count). The SMILES string of the molecule is CC=CC(=O)OC1CCC(C2CCC(CCc3ccc(C#N)cc3)CC2)CC1. The Morgan fingerprint density at radius 2 is 1.64 bits per heavy atom. The topological polar surface area (TPSA) is 50.1 Å². The van der Waals surface area contributed by atoms with Crippen LogP contribution in [0.15, 0.2) is 36.4 Å². The summed E-state index contributed by atoms with van der Waals surface area (Å²) in [4.78, 5) is 11.6. The maximum atomic E-state index is 11.6. The van der Waals surface area contributed by atoms with E-state index in [-0.39, 0.29) is 12.1 Å². The zero-order valence-electron chi connectivity index (χ0n) is 17.1. The van der Waals surface area contributed by atoms with Gasteiger partial charge < -0.3 is 4.74 Å². The van der Waals surface area contributed by atoms with E-state index in [9.17, 15) is 4.79 Å². The molecule has 1 aromatic carbocycles. The number of rotatable bonds is 6. The summed E-state index contributed by atoms with van der Waals surface area (Å²) in [6, 6.07) is 10.2. The fourth-order valence-electron chi connectivity index (χ4n) is 5.08. The molecule has 2 aliphatic carbocycles. The van der Waals surface area contributed by atoms with E-state index in [0.717, 1.165) is 42.6 Å². The minimum absolute atomic E-state index is 0.128. The van der Waals surface area contributed by atoms with Crippen molar-refractivity contribution >= 4 is 5.97 Å². The van der Waals surface area contributed by atoms with Gasteiger partial charge in [-0.15, -0.1) is 0 Å². The largest absolute Gasteiger partial charge is 0.459 e. The van der Waals surface area contributed by atoms with Crippen LogP contribution < -0.4 is 0 Å². The number of carbonyl (C=O) groups excluding carboxylic acids is 1. The van der Waals surface area contributed by atoms with E-state index < -0.39 is 0 Å². The maximum absolute atomic E-state index is 11.6. The highest BCUT2D eigenvalue weighted by atomic mass is 16.5. The molecule has 0 unspecified atom stereocenters. The van der Waals surface area contributed by atoms with E-state index in [2.05, 4.69) is 18.2 Å². The van der Waals surface area contributed by atoms with E-state index >= 15 is 0 Å². The van der Waals surface area contributed by atoms with Crippen molar-refractivity contribution in [3.63, 3.8) is 0 Å². The summed E-state index contributed by atoms with van der Waals surface area (Å²) in [5.74, 6) is 2.37. The van der Waals surface area contributed by atoms with Gasteiger partial charge in [0.25, 0.3) is 0 Å². The molecule has 0 N–H and O–H groups in total. The second-order valence-corrected chi connectivity index (χ2v) is 8.60. The number of ether oxygens (including phenoxy) is 1. The summed E-state index contributed by atoms with van der Waals surface area (Å²) in [6.07, 6.45) is 15.7. The standard InChI is InChI=1S/C25H33NO2/c1-2-3-25(27)28-24-16-14-23(15-17-24)22-12-10-20(11-13-22)5-4-19-6-8-21(18-26)9-7-19/h2-3,6-9,20,22-24H,4-5,10-17H2,1H3. The number of benzene rings is 1. The Morgan fingerprint density at radius 1 is 1.04 bits per heavy atom. The summed E-state index contributed by atoms with van der Waals surface area (Å²) in [7, 11) is 0. The molecule has 0 bridgehead atoms. The van der Waals surface area contributed by atoms with Crippen LogP contribution in [0.4, 0.5) is 0 Å². The van der Waals surface area contributed by atoms with E-state index in [0.29, 0.717) is 0 Å². The van der Waals surface area contributed by atoms with Crippen molar-refractivity contribution in [2.75, 3.05) is 0 Å². The van der Waals surface area contributed by atoms with Gasteiger partial charge in [-0.25, -0.2) is 4.79 Å². The second kappa shape index (κ2) is 10.5. The molecule has 1 aromatic rings. The van der Waals surface area contributed by atoms with Gasteiger partial charge in [0, 0.05) is 6.08 Å². The number of esters is 1. The summed E-state index contributed by atoms with van der Waals surface area (Å²) < 4.78 is 5.53. The van der Waals surface area contributed by atoms with E-state index in [1.165, 1.54) is 56.6 Å². The van der Waals surface area contributed by atoms with E-state index in [4.69, 9.17) is 10.00 Å². The lowest BCUT2D eigenvalue weighted by atomic mass is 9.70. The minimum atomic E-state index is -0.186. The highest BCUT2D eigenvalue weighted by Gasteiger charge is 2.31. The summed E-state index contributed by atoms with van der Waals surface area (Å²) in [5, 5.41) is 8.89. The molecule has 0 spiro atoms. The number of nitrogens with zero attached hydrogens (tertiary/aromatic N) is 1. The molecule has 3 heteroatoms. The molecule has 3 nitrogen and oxygen atoms in total. The first kappa shape index (κ1) is 20.6. The molecule has 150 valence electrons. The first-order valence-electron chi connectivity index (χ1n) is 11.0. The van der Waals surface area contributed by atoms with Gasteiger partial charge in [-0.2, -0.15) is 5.26 Å². The highest BCUT2D eigenvalue weighted by molar-refractivity contribution is 5.81. The van der Waals surface area contributed by atoms with Crippen LogP contribution in [0.1, 0.15) is 75.8 Å². The predicted octanol–water partition coefficient (Wildman–Crippen LogP) is 5.98. The number of hydrogen-bond acceptors (Lipinski definition) is 3. The average Bonchev–Trinajstić information content (AvgIpc) is 2.74. The van der Waals surface area contributed by atoms with Gasteiger partial charge in [0.2, 0.25) is 0 Å². The molecule has 0 aromatic heterocycles. The molecule has 0 radical (unpaired) electrons. The molecule has 2 fully saturated rings. The number of hydrogen-bond donors (Lipinski definition) is 0. The van der Waals surface area contributed by atoms with Crippen LogP contribution in [0.25, 0.3) is 0 Å². The normalized spacial score (nSPS) is 28.0. The van der Waals surface area contributed by atoms with Crippen molar-refractivity contribution in [1.29, 1.82) is 5.26 Å². The fraction of sp³-hybridized carbons (Fsp3) is 0.600. The summed E-state index contributed by atoms with van der Waals surface area (Å²) >= 11 is 0. The van der Waals surface area contributed by atoms with Gasteiger partial charge in [0.05, 0.1) is 11.6 Å². The third kappa shape index (κ3) is 5.96. The van der Waals surface area contributed by atoms with Crippen molar-refractivity contribution in [2.45, 2.75) is 77.2 Å². The van der Waals surface area contributed by atoms with Crippen molar-refractivity contribution in [2.24, 2.45) is 17.8 Å². The molecular weight excluding hydrogens is 346 g/mol. The number of aryl methyl sites for hydroxylation is 1. The van der Waals surface area contributed by atoms with Crippen molar-refractivity contribution in [3.8, 4) is 6.07 Å². The summed E-state index contributed by atoms with van der Waals surface area (Å²) in [6.45, 7) is 1.85. The van der Waals surface area contributed by atoms with Crippen LogP contribution >= 0.6 is 0 Å². The average molecular weight is 380 g/mol. The third-order valence-corrected chi connectivity index (χ3v) is 6.79. The zero-order chi connectivity index (χ0) is 19.8. The lowest BCUT2D eigenvalue weighted by molar-refractivity contribution is -0.145. The van der Waals surface area contributed by atoms with Crippen molar-refractivity contribution < 1.29 is 9.53 Å². The van der Waals surface area contributed by atoms with Crippen LogP contribution in [-0.2, 0) is 16.0 Å². The van der Waals surface area contributed by atoms with Crippen LogP contribution in [-0.4, -0.2) is 12.1 Å².